The van der Waals surface area contributed by atoms with Crippen molar-refractivity contribution in [2.24, 2.45) is 5.41 Å². The summed E-state index contributed by atoms with van der Waals surface area (Å²) in [7, 11) is 0. The average molecular weight is 391 g/mol. The van der Waals surface area contributed by atoms with Crippen LogP contribution in [0.15, 0.2) is 0 Å². The van der Waals surface area contributed by atoms with Gasteiger partial charge in [0.25, 0.3) is 0 Å². The first-order valence-corrected chi connectivity index (χ1v) is 9.98. The molecule has 6 heteroatoms. The summed E-state index contributed by atoms with van der Waals surface area (Å²) in [6.45, 7) is 4.25. The first kappa shape index (κ1) is 31.9. The minimum absolute atomic E-state index is 0. The fraction of sp³-hybridized carbons (Fsp3) is 0.900. The quantitative estimate of drug-likeness (QED) is 0.212. The Morgan fingerprint density at radius 2 is 0.923 bits per heavy atom. The van der Waals surface area contributed by atoms with E-state index in [-0.39, 0.29) is 85.9 Å². The van der Waals surface area contributed by atoms with Gasteiger partial charge in [-0.3, -0.25) is 9.59 Å². The Balaban J connectivity index is -0.000000441. The summed E-state index contributed by atoms with van der Waals surface area (Å²) in [5.74, 6) is -2.33. The molecule has 0 heterocycles. The molecule has 0 rings (SSSR count). The van der Waals surface area contributed by atoms with E-state index in [1.54, 1.807) is 0 Å². The number of rotatable bonds is 17. The van der Waals surface area contributed by atoms with Crippen molar-refractivity contribution in [1.29, 1.82) is 0 Å². The average Bonchev–Trinajstić information content (AvgIpc) is 2.54. The van der Waals surface area contributed by atoms with Crippen LogP contribution in [0.2, 0.25) is 0 Å². The fourth-order valence-electron chi connectivity index (χ4n) is 3.24. The van der Waals surface area contributed by atoms with E-state index in [1.165, 1.54) is 44.9 Å². The van der Waals surface area contributed by atoms with Gasteiger partial charge in [-0.05, 0) is 12.8 Å². The van der Waals surface area contributed by atoms with Gasteiger partial charge in [-0.1, -0.05) is 97.3 Å². The van der Waals surface area contributed by atoms with Crippen LogP contribution >= 0.6 is 0 Å². The minimum Gasteiger partial charge on any atom is -1.00 e. The van der Waals surface area contributed by atoms with Gasteiger partial charge in [0.15, 0.2) is 5.41 Å². The Hall–Kier alpha value is 1.17. The first-order chi connectivity index (χ1) is 11.5. The number of hydrogen-bond donors (Lipinski definition) is 2. The van der Waals surface area contributed by atoms with Crippen LogP contribution in [0.1, 0.15) is 113 Å². The molecule has 0 saturated heterocycles. The molecule has 0 aromatic heterocycles. The van der Waals surface area contributed by atoms with Crippen LogP contribution < -0.4 is 70.2 Å². The summed E-state index contributed by atoms with van der Waals surface area (Å²) in [4.78, 5) is 23.1. The van der Waals surface area contributed by atoms with Gasteiger partial charge in [-0.2, -0.15) is 0 Å². The van der Waals surface area contributed by atoms with Crippen molar-refractivity contribution in [2.75, 3.05) is 0 Å². The maximum Gasteiger partial charge on any atom is 1.00 e. The number of hydrogen-bond acceptors (Lipinski definition) is 2. The molecule has 146 valence electrons. The van der Waals surface area contributed by atoms with E-state index in [2.05, 4.69) is 6.92 Å². The van der Waals surface area contributed by atoms with Crippen LogP contribution in [-0.4, -0.2) is 22.2 Å². The Labute approximate surface area is 218 Å². The number of carboxylic acids is 2. The van der Waals surface area contributed by atoms with Crippen LogP contribution in [0.25, 0.3) is 0 Å². The van der Waals surface area contributed by atoms with E-state index in [9.17, 15) is 19.8 Å². The summed E-state index contributed by atoms with van der Waals surface area (Å²) >= 11 is 0. The van der Waals surface area contributed by atoms with Gasteiger partial charge in [0.1, 0.15) is 0 Å². The molecular weight excluding hydrogens is 350 g/mol. The van der Waals surface area contributed by atoms with Crippen molar-refractivity contribution in [3.8, 4) is 0 Å². The zero-order valence-electron chi connectivity index (χ0n) is 19.8. The molecule has 0 saturated carbocycles. The zero-order chi connectivity index (χ0) is 18.3. The zero-order valence-corrected chi connectivity index (χ0v) is 20.9. The Bertz CT molecular complexity index is 347. The van der Waals surface area contributed by atoms with Gasteiger partial charge in [0.05, 0.1) is 0 Å². The van der Waals surface area contributed by atoms with Crippen LogP contribution in [0, 0.1) is 5.41 Å². The molecule has 0 aliphatic rings. The number of unbranched alkanes of at least 4 members (excludes halogenated alkanes) is 11. The molecule has 0 atom stereocenters. The third kappa shape index (κ3) is 14.2. The molecule has 0 aliphatic heterocycles. The topological polar surface area (TPSA) is 74.6 Å². The second-order valence-corrected chi connectivity index (χ2v) is 7.08. The number of carbonyl (C=O) groups is 2. The molecule has 0 fully saturated rings. The second-order valence-electron chi connectivity index (χ2n) is 7.08. The standard InChI is InChI=1S/C20H38O4.K.Li.2H/c1-3-5-7-8-9-10-11-12-13-15-17-20(18(21)22,19(23)24)16-14-6-4-2;;;;/h3-17H2,1-2H3,(H,21,22)(H,23,24);;;;/q;2*+1;2*-1. The molecule has 0 aliphatic carbocycles. The van der Waals surface area contributed by atoms with Gasteiger partial charge < -0.3 is 13.1 Å². The van der Waals surface area contributed by atoms with Crippen LogP contribution in [0.5, 0.6) is 0 Å². The van der Waals surface area contributed by atoms with Crippen molar-refractivity contribution in [3.63, 3.8) is 0 Å². The van der Waals surface area contributed by atoms with E-state index in [0.717, 1.165) is 25.7 Å². The summed E-state index contributed by atoms with van der Waals surface area (Å²) in [6.07, 6.45) is 14.7. The molecule has 0 unspecified atom stereocenters. The van der Waals surface area contributed by atoms with E-state index in [0.29, 0.717) is 12.8 Å². The fourth-order valence-corrected chi connectivity index (χ4v) is 3.24. The van der Waals surface area contributed by atoms with E-state index in [4.69, 9.17) is 0 Å². The predicted octanol–water partition coefficient (Wildman–Crippen LogP) is 0.266. The summed E-state index contributed by atoms with van der Waals surface area (Å²) in [5, 5.41) is 18.9. The largest absolute Gasteiger partial charge is 1.00 e. The van der Waals surface area contributed by atoms with Gasteiger partial charge in [0.2, 0.25) is 0 Å². The Morgan fingerprint density at radius 3 is 1.27 bits per heavy atom. The van der Waals surface area contributed by atoms with Crippen molar-refractivity contribution in [3.05, 3.63) is 0 Å². The van der Waals surface area contributed by atoms with Crippen molar-refractivity contribution in [2.45, 2.75) is 110 Å². The summed E-state index contributed by atoms with van der Waals surface area (Å²) < 4.78 is 0. The maximum atomic E-state index is 11.6. The van der Waals surface area contributed by atoms with Gasteiger partial charge in [-0.15, -0.1) is 0 Å². The molecule has 0 aromatic carbocycles. The molecule has 2 N–H and O–H groups in total. The Morgan fingerprint density at radius 1 is 0.654 bits per heavy atom. The molecule has 0 amide bonds. The molecule has 0 spiro atoms. The third-order valence-electron chi connectivity index (χ3n) is 4.98. The van der Waals surface area contributed by atoms with E-state index in [1.807, 2.05) is 6.92 Å². The summed E-state index contributed by atoms with van der Waals surface area (Å²) in [6, 6.07) is 0. The van der Waals surface area contributed by atoms with Crippen LogP contribution in [0.4, 0.5) is 0 Å². The molecule has 26 heavy (non-hydrogen) atoms. The maximum absolute atomic E-state index is 11.6. The SMILES string of the molecule is CCCCCCCCCCCCC(CCCCC)(C(=O)O)C(=O)O.[H-].[H-].[K+].[Li+]. The van der Waals surface area contributed by atoms with Crippen molar-refractivity contribution in [1.82, 2.24) is 0 Å². The van der Waals surface area contributed by atoms with Gasteiger partial charge in [-0.25, -0.2) is 0 Å². The molecular formula is C20H40KLiO4. The first-order valence-electron chi connectivity index (χ1n) is 9.98. The molecule has 0 aromatic rings. The summed E-state index contributed by atoms with van der Waals surface area (Å²) in [5.41, 5.74) is -1.57. The number of aliphatic carboxylic acids is 2. The van der Waals surface area contributed by atoms with Gasteiger partial charge in [0, 0.05) is 0 Å². The van der Waals surface area contributed by atoms with Crippen LogP contribution in [-0.2, 0) is 9.59 Å². The van der Waals surface area contributed by atoms with Crippen molar-refractivity contribution >= 4 is 11.9 Å². The van der Waals surface area contributed by atoms with E-state index >= 15 is 0 Å². The number of carboxylic acid groups (broad SMARTS) is 2. The van der Waals surface area contributed by atoms with Crippen molar-refractivity contribution < 1.29 is 92.9 Å². The predicted molar refractivity (Wildman–Crippen MR) is 101 cm³/mol. The normalized spacial score (nSPS) is 10.7. The second kappa shape index (κ2) is 20.9. The molecule has 0 radical (unpaired) electrons. The molecule has 4 nitrogen and oxygen atoms in total. The van der Waals surface area contributed by atoms with Gasteiger partial charge >= 0.3 is 82.2 Å². The Kier molecular flexibility index (Phi) is 25.6. The monoisotopic (exact) mass is 390 g/mol. The van der Waals surface area contributed by atoms with E-state index < -0.39 is 17.4 Å². The smallest absolute Gasteiger partial charge is 1.00 e. The molecule has 0 bridgehead atoms. The minimum atomic E-state index is -1.57. The van der Waals surface area contributed by atoms with Crippen LogP contribution in [0.3, 0.4) is 0 Å². The third-order valence-corrected chi connectivity index (χ3v) is 4.98.